The Morgan fingerprint density at radius 3 is 2.58 bits per heavy atom. The number of benzene rings is 1. The van der Waals surface area contributed by atoms with E-state index in [0.29, 0.717) is 29.4 Å². The summed E-state index contributed by atoms with van der Waals surface area (Å²) in [7, 11) is 0. The van der Waals surface area contributed by atoms with Crippen LogP contribution < -0.4 is 0 Å². The highest BCUT2D eigenvalue weighted by molar-refractivity contribution is 5.86. The fourth-order valence-corrected chi connectivity index (χ4v) is 4.12. The summed E-state index contributed by atoms with van der Waals surface area (Å²) in [6, 6.07) is 5.10. The Labute approximate surface area is 182 Å². The molecule has 0 saturated heterocycles. The number of aromatic nitrogens is 3. The highest BCUT2D eigenvalue weighted by Gasteiger charge is 2.44. The molecule has 0 bridgehead atoms. The lowest BCUT2D eigenvalue weighted by Gasteiger charge is -2.44. The van der Waals surface area contributed by atoms with Crippen molar-refractivity contribution in [3.05, 3.63) is 35.9 Å². The number of hydrogen-bond donors (Lipinski definition) is 2. The molecule has 1 aliphatic rings. The lowest BCUT2D eigenvalue weighted by Crippen LogP contribution is -2.47. The lowest BCUT2D eigenvalue weighted by molar-refractivity contribution is -0.143. The molecule has 2 N–H and O–H groups in total. The number of aliphatic hydroxyl groups excluding tert-OH is 2. The van der Waals surface area contributed by atoms with Crippen molar-refractivity contribution in [3.8, 4) is 0 Å². The minimum Gasteiger partial charge on any atom is -0.460 e. The van der Waals surface area contributed by atoms with Crippen molar-refractivity contribution < 1.29 is 24.5 Å². The van der Waals surface area contributed by atoms with E-state index in [-0.39, 0.29) is 43.3 Å². The number of aliphatic hydroxyl groups is 2. The van der Waals surface area contributed by atoms with Crippen LogP contribution in [-0.2, 0) is 20.9 Å². The van der Waals surface area contributed by atoms with Gasteiger partial charge in [0.15, 0.2) is 0 Å². The van der Waals surface area contributed by atoms with Crippen molar-refractivity contribution in [1.29, 1.82) is 0 Å². The predicted octanol–water partition coefficient (Wildman–Crippen LogP) is 2.79. The van der Waals surface area contributed by atoms with Crippen molar-refractivity contribution >= 4 is 17.0 Å². The molecule has 4 unspecified atom stereocenters. The molecule has 1 aliphatic carbocycles. The molecule has 0 spiro atoms. The fraction of sp³-hybridized carbons (Fsp3) is 0.609. The minimum atomic E-state index is -0.625. The first-order chi connectivity index (χ1) is 14.6. The number of ether oxygens (including phenoxy) is 2. The van der Waals surface area contributed by atoms with E-state index < -0.39 is 12.1 Å². The standard InChI is InChI=1S/C23H33N3O5/c1-14(2)22(29)31-9-8-30-16-11-17(23(3,4)5)21(28)20(12-16)26-24-18-7-6-15(13-27)10-19(18)25-26/h6-7,10,16-17,20-21,27-28H,1,8-9,11-13H2,2-5H3. The molecule has 8 heteroatoms. The molecule has 1 saturated carbocycles. The van der Waals surface area contributed by atoms with Crippen LogP contribution in [0.2, 0.25) is 0 Å². The summed E-state index contributed by atoms with van der Waals surface area (Å²) in [4.78, 5) is 13.1. The zero-order valence-electron chi connectivity index (χ0n) is 18.7. The Kier molecular flexibility index (Phi) is 7.13. The van der Waals surface area contributed by atoms with Crippen molar-refractivity contribution in [2.45, 2.75) is 65.4 Å². The maximum atomic E-state index is 11.5. The minimum absolute atomic E-state index is 0.0173. The summed E-state index contributed by atoms with van der Waals surface area (Å²) in [5.74, 6) is -0.445. The normalized spacial score (nSPS) is 24.3. The third kappa shape index (κ3) is 5.50. The highest BCUT2D eigenvalue weighted by Crippen LogP contribution is 2.43. The van der Waals surface area contributed by atoms with Gasteiger partial charge >= 0.3 is 5.97 Å². The van der Waals surface area contributed by atoms with Crippen LogP contribution in [-0.4, -0.2) is 56.6 Å². The molecular weight excluding hydrogens is 398 g/mol. The van der Waals surface area contributed by atoms with Crippen LogP contribution in [0.1, 0.15) is 52.1 Å². The molecule has 0 aliphatic heterocycles. The maximum absolute atomic E-state index is 11.5. The van der Waals surface area contributed by atoms with Crippen molar-refractivity contribution in [1.82, 2.24) is 15.0 Å². The van der Waals surface area contributed by atoms with Gasteiger partial charge in [-0.15, -0.1) is 0 Å². The average molecular weight is 432 g/mol. The van der Waals surface area contributed by atoms with E-state index in [1.807, 2.05) is 12.1 Å². The number of nitrogens with zero attached hydrogens (tertiary/aromatic N) is 3. The molecule has 3 rings (SSSR count). The monoisotopic (exact) mass is 431 g/mol. The summed E-state index contributed by atoms with van der Waals surface area (Å²) >= 11 is 0. The largest absolute Gasteiger partial charge is 0.460 e. The van der Waals surface area contributed by atoms with Gasteiger partial charge in [0.2, 0.25) is 0 Å². The first-order valence-electron chi connectivity index (χ1n) is 10.7. The summed E-state index contributed by atoms with van der Waals surface area (Å²) in [5.41, 5.74) is 2.38. The Hall–Kier alpha value is -2.29. The molecule has 0 amide bonds. The van der Waals surface area contributed by atoms with Gasteiger partial charge in [-0.1, -0.05) is 33.4 Å². The van der Waals surface area contributed by atoms with Gasteiger partial charge in [-0.2, -0.15) is 15.0 Å². The molecule has 1 aromatic carbocycles. The third-order valence-electron chi connectivity index (χ3n) is 5.90. The number of carbonyl (C=O) groups is 1. The number of fused-ring (bicyclic) bond motifs is 1. The van der Waals surface area contributed by atoms with Gasteiger partial charge < -0.3 is 19.7 Å². The van der Waals surface area contributed by atoms with E-state index >= 15 is 0 Å². The molecule has 0 radical (unpaired) electrons. The summed E-state index contributed by atoms with van der Waals surface area (Å²) in [6.45, 7) is 11.9. The Morgan fingerprint density at radius 2 is 1.94 bits per heavy atom. The van der Waals surface area contributed by atoms with E-state index in [0.717, 1.165) is 5.56 Å². The molecular formula is C23H33N3O5. The quantitative estimate of drug-likeness (QED) is 0.394. The molecule has 8 nitrogen and oxygen atoms in total. The molecule has 2 aromatic rings. The van der Waals surface area contributed by atoms with E-state index in [2.05, 4.69) is 37.5 Å². The van der Waals surface area contributed by atoms with E-state index in [1.54, 1.807) is 17.8 Å². The predicted molar refractivity (Wildman–Crippen MR) is 116 cm³/mol. The van der Waals surface area contributed by atoms with E-state index in [9.17, 15) is 15.0 Å². The summed E-state index contributed by atoms with van der Waals surface area (Å²) in [5, 5.41) is 29.7. The summed E-state index contributed by atoms with van der Waals surface area (Å²) in [6.07, 6.45) is 0.504. The average Bonchev–Trinajstić information content (AvgIpc) is 3.13. The van der Waals surface area contributed by atoms with E-state index in [1.165, 1.54) is 0 Å². The second kappa shape index (κ2) is 9.46. The van der Waals surface area contributed by atoms with Gasteiger partial charge in [-0.3, -0.25) is 0 Å². The van der Waals surface area contributed by atoms with Crippen LogP contribution in [0.5, 0.6) is 0 Å². The van der Waals surface area contributed by atoms with Crippen LogP contribution in [0.4, 0.5) is 0 Å². The van der Waals surface area contributed by atoms with Gasteiger partial charge in [0.05, 0.1) is 25.4 Å². The van der Waals surface area contributed by atoms with E-state index in [4.69, 9.17) is 9.47 Å². The first kappa shape index (κ1) is 23.4. The number of esters is 1. The van der Waals surface area contributed by atoms with Gasteiger partial charge in [0.1, 0.15) is 23.7 Å². The molecule has 170 valence electrons. The van der Waals surface area contributed by atoms with Crippen molar-refractivity contribution in [2.24, 2.45) is 11.3 Å². The van der Waals surface area contributed by atoms with Gasteiger partial charge in [-0.05, 0) is 42.4 Å². The molecule has 1 fully saturated rings. The molecule has 1 heterocycles. The van der Waals surface area contributed by atoms with Gasteiger partial charge in [0.25, 0.3) is 0 Å². The molecule has 31 heavy (non-hydrogen) atoms. The second-order valence-corrected chi connectivity index (χ2v) is 9.41. The second-order valence-electron chi connectivity index (χ2n) is 9.41. The van der Waals surface area contributed by atoms with Crippen LogP contribution in [0.15, 0.2) is 30.4 Å². The Bertz CT molecular complexity index is 933. The number of rotatable bonds is 7. The maximum Gasteiger partial charge on any atom is 0.333 e. The van der Waals surface area contributed by atoms with Crippen LogP contribution in [0, 0.1) is 11.3 Å². The fourth-order valence-electron chi connectivity index (χ4n) is 4.12. The lowest BCUT2D eigenvalue weighted by atomic mass is 9.68. The van der Waals surface area contributed by atoms with Gasteiger partial charge in [0, 0.05) is 12.0 Å². The molecule has 1 aromatic heterocycles. The highest BCUT2D eigenvalue weighted by atomic mass is 16.6. The molecule has 4 atom stereocenters. The van der Waals surface area contributed by atoms with Crippen molar-refractivity contribution in [3.63, 3.8) is 0 Å². The number of carbonyl (C=O) groups excluding carboxylic acids is 1. The van der Waals surface area contributed by atoms with Crippen molar-refractivity contribution in [2.75, 3.05) is 13.2 Å². The zero-order chi connectivity index (χ0) is 22.8. The third-order valence-corrected chi connectivity index (χ3v) is 5.90. The first-order valence-corrected chi connectivity index (χ1v) is 10.7. The van der Waals surface area contributed by atoms with Crippen LogP contribution in [0.3, 0.4) is 0 Å². The smallest absolute Gasteiger partial charge is 0.333 e. The van der Waals surface area contributed by atoms with Gasteiger partial charge in [-0.25, -0.2) is 4.79 Å². The Morgan fingerprint density at radius 1 is 1.23 bits per heavy atom. The summed E-state index contributed by atoms with van der Waals surface area (Å²) < 4.78 is 11.1. The zero-order valence-corrected chi connectivity index (χ0v) is 18.7. The topological polar surface area (TPSA) is 107 Å². The Balaban J connectivity index is 1.76. The van der Waals surface area contributed by atoms with Crippen LogP contribution >= 0.6 is 0 Å². The number of hydrogen-bond acceptors (Lipinski definition) is 7. The SMILES string of the molecule is C=C(C)C(=O)OCCOC1CC(n2nc3ccc(CO)cc3n2)C(O)C(C(C)(C)C)C1. The van der Waals surface area contributed by atoms with Crippen LogP contribution in [0.25, 0.3) is 11.0 Å².